The van der Waals surface area contributed by atoms with Gasteiger partial charge in [-0.05, 0) is 24.3 Å². The van der Waals surface area contributed by atoms with Crippen molar-refractivity contribution >= 4 is 23.0 Å². The van der Waals surface area contributed by atoms with Gasteiger partial charge >= 0.3 is 0 Å². The molecule has 1 aliphatic carbocycles. The molecule has 3 rings (SSSR count). The molecular weight excluding hydrogens is 320 g/mol. The average molecular weight is 338 g/mol. The summed E-state index contributed by atoms with van der Waals surface area (Å²) in [7, 11) is 1.57. The molecular formula is C19H18N2O4. The van der Waals surface area contributed by atoms with Crippen LogP contribution in [0.1, 0.15) is 20.7 Å². The molecule has 0 heterocycles. The van der Waals surface area contributed by atoms with Crippen LogP contribution in [-0.4, -0.2) is 48.7 Å². The van der Waals surface area contributed by atoms with Gasteiger partial charge in [-0.3, -0.25) is 14.6 Å². The van der Waals surface area contributed by atoms with Crippen LogP contribution in [0.3, 0.4) is 0 Å². The highest BCUT2D eigenvalue weighted by atomic mass is 16.5. The lowest BCUT2D eigenvalue weighted by Gasteiger charge is -2.26. The Bertz CT molecular complexity index is 828. The van der Waals surface area contributed by atoms with Gasteiger partial charge in [-0.1, -0.05) is 24.3 Å². The zero-order valence-electron chi connectivity index (χ0n) is 13.7. The van der Waals surface area contributed by atoms with Crippen molar-refractivity contribution in [1.82, 2.24) is 0 Å². The first-order valence-corrected chi connectivity index (χ1v) is 7.89. The summed E-state index contributed by atoms with van der Waals surface area (Å²) < 4.78 is 5.12. The molecule has 6 nitrogen and oxygen atoms in total. The summed E-state index contributed by atoms with van der Waals surface area (Å²) in [6.07, 6.45) is 0. The number of benzene rings is 2. The van der Waals surface area contributed by atoms with Crippen LogP contribution in [0.5, 0.6) is 5.75 Å². The van der Waals surface area contributed by atoms with Gasteiger partial charge < -0.3 is 15.2 Å². The zero-order chi connectivity index (χ0) is 17.8. The summed E-state index contributed by atoms with van der Waals surface area (Å²) in [5.41, 5.74) is 1.51. The van der Waals surface area contributed by atoms with Crippen molar-refractivity contribution in [2.75, 3.05) is 25.6 Å². The topological polar surface area (TPSA) is 88.0 Å². The van der Waals surface area contributed by atoms with E-state index in [-0.39, 0.29) is 30.4 Å². The summed E-state index contributed by atoms with van der Waals surface area (Å²) in [5.74, 6) is 0.175. The summed E-state index contributed by atoms with van der Waals surface area (Å²) >= 11 is 0. The van der Waals surface area contributed by atoms with Crippen LogP contribution in [-0.2, 0) is 0 Å². The normalized spacial score (nSPS) is 18.2. The standard InChI is InChI=1S/C19H18N2O4/c1-25-13-8-6-12(7-9-13)21-17-16(20-10-11-22)18(23)14-4-2-3-5-15(14)19(17)24/h2-9,17,21-22H,10-11H2,1H3/t17-/m0/s1. The Labute approximate surface area is 145 Å². The fourth-order valence-corrected chi connectivity index (χ4v) is 2.77. The molecule has 0 spiro atoms. The second kappa shape index (κ2) is 7.27. The molecule has 0 saturated carbocycles. The Hall–Kier alpha value is -2.99. The highest BCUT2D eigenvalue weighted by Crippen LogP contribution is 2.24. The van der Waals surface area contributed by atoms with E-state index in [0.29, 0.717) is 22.6 Å². The first kappa shape index (κ1) is 16.9. The van der Waals surface area contributed by atoms with Crippen molar-refractivity contribution in [2.24, 2.45) is 4.99 Å². The smallest absolute Gasteiger partial charge is 0.210 e. The third kappa shape index (κ3) is 3.29. The number of nitrogens with one attached hydrogen (secondary N) is 1. The quantitative estimate of drug-likeness (QED) is 0.870. The third-order valence-electron chi connectivity index (χ3n) is 3.99. The van der Waals surface area contributed by atoms with E-state index < -0.39 is 6.04 Å². The number of hydrogen-bond donors (Lipinski definition) is 2. The van der Waals surface area contributed by atoms with Crippen LogP contribution < -0.4 is 10.1 Å². The van der Waals surface area contributed by atoms with E-state index in [1.165, 1.54) is 0 Å². The third-order valence-corrected chi connectivity index (χ3v) is 3.99. The number of ketones is 2. The number of hydrogen-bond acceptors (Lipinski definition) is 6. The van der Waals surface area contributed by atoms with Gasteiger partial charge in [-0.2, -0.15) is 0 Å². The number of nitrogens with zero attached hydrogens (tertiary/aromatic N) is 1. The van der Waals surface area contributed by atoms with Gasteiger partial charge in [0.15, 0.2) is 5.78 Å². The molecule has 2 aromatic rings. The van der Waals surface area contributed by atoms with Crippen molar-refractivity contribution in [3.8, 4) is 5.75 Å². The van der Waals surface area contributed by atoms with Crippen LogP contribution in [0.25, 0.3) is 0 Å². The number of rotatable bonds is 5. The molecule has 0 saturated heterocycles. The maximum Gasteiger partial charge on any atom is 0.210 e. The first-order valence-electron chi connectivity index (χ1n) is 7.89. The number of Topliss-reactive ketones (excluding diaryl/α,β-unsaturated/α-hetero) is 2. The maximum absolute atomic E-state index is 12.9. The molecule has 0 amide bonds. The van der Waals surface area contributed by atoms with E-state index in [0.717, 1.165) is 0 Å². The monoisotopic (exact) mass is 338 g/mol. The molecule has 0 unspecified atom stereocenters. The Kier molecular flexibility index (Phi) is 4.90. The minimum Gasteiger partial charge on any atom is -0.497 e. The van der Waals surface area contributed by atoms with Gasteiger partial charge in [-0.25, -0.2) is 0 Å². The lowest BCUT2D eigenvalue weighted by molar-refractivity contribution is 0.0954. The number of anilines is 1. The zero-order valence-corrected chi connectivity index (χ0v) is 13.7. The van der Waals surface area contributed by atoms with Gasteiger partial charge in [0.25, 0.3) is 0 Å². The number of carbonyl (C=O) groups is 2. The Balaban J connectivity index is 1.99. The van der Waals surface area contributed by atoms with Crippen LogP contribution >= 0.6 is 0 Å². The molecule has 128 valence electrons. The molecule has 0 radical (unpaired) electrons. The first-order chi connectivity index (χ1) is 12.2. The molecule has 0 aromatic heterocycles. The predicted octanol–water partition coefficient (Wildman–Crippen LogP) is 1.99. The molecule has 6 heteroatoms. The predicted molar refractivity (Wildman–Crippen MR) is 94.9 cm³/mol. The van der Waals surface area contributed by atoms with Crippen molar-refractivity contribution in [2.45, 2.75) is 6.04 Å². The molecule has 2 aromatic carbocycles. The van der Waals surface area contributed by atoms with Gasteiger partial charge in [0, 0.05) is 16.8 Å². The summed E-state index contributed by atoms with van der Waals surface area (Å²) in [5, 5.41) is 12.1. The second-order valence-corrected chi connectivity index (χ2v) is 5.54. The second-order valence-electron chi connectivity index (χ2n) is 5.54. The molecule has 1 aliphatic rings. The molecule has 25 heavy (non-hydrogen) atoms. The summed E-state index contributed by atoms with van der Waals surface area (Å²) in [4.78, 5) is 29.8. The number of ether oxygens (including phenoxy) is 1. The highest BCUT2D eigenvalue weighted by Gasteiger charge is 2.38. The molecule has 2 N–H and O–H groups in total. The SMILES string of the molecule is COc1ccc(N[C@@H]2C(=O)c3ccccc3C(=O)C2=NCCO)cc1. The average Bonchev–Trinajstić information content (AvgIpc) is 2.66. The fraction of sp³-hybridized carbons (Fsp3) is 0.211. The van der Waals surface area contributed by atoms with Crippen LogP contribution in [0.2, 0.25) is 0 Å². The van der Waals surface area contributed by atoms with Gasteiger partial charge in [-0.15, -0.1) is 0 Å². The highest BCUT2D eigenvalue weighted by molar-refractivity contribution is 6.55. The van der Waals surface area contributed by atoms with Crippen molar-refractivity contribution in [1.29, 1.82) is 0 Å². The Morgan fingerprint density at radius 3 is 2.40 bits per heavy atom. The Morgan fingerprint density at radius 1 is 1.08 bits per heavy atom. The van der Waals surface area contributed by atoms with Crippen molar-refractivity contribution < 1.29 is 19.4 Å². The van der Waals surface area contributed by atoms with Crippen LogP contribution in [0, 0.1) is 0 Å². The molecule has 1 atom stereocenters. The fourth-order valence-electron chi connectivity index (χ4n) is 2.77. The molecule has 0 aliphatic heterocycles. The number of fused-ring (bicyclic) bond motifs is 1. The van der Waals surface area contributed by atoms with E-state index in [9.17, 15) is 9.59 Å². The number of aliphatic imine (C=N–C) groups is 1. The van der Waals surface area contributed by atoms with Crippen molar-refractivity contribution in [3.05, 3.63) is 59.7 Å². The maximum atomic E-state index is 12.9. The minimum atomic E-state index is -0.887. The number of carbonyl (C=O) groups excluding carboxylic acids is 2. The van der Waals surface area contributed by atoms with E-state index in [2.05, 4.69) is 10.3 Å². The van der Waals surface area contributed by atoms with E-state index in [1.807, 2.05) is 0 Å². The van der Waals surface area contributed by atoms with Gasteiger partial charge in [0.2, 0.25) is 5.78 Å². The Morgan fingerprint density at radius 2 is 1.76 bits per heavy atom. The van der Waals surface area contributed by atoms with Crippen LogP contribution in [0.4, 0.5) is 5.69 Å². The number of methoxy groups -OCH3 is 1. The number of aliphatic hydroxyl groups is 1. The van der Waals surface area contributed by atoms with Gasteiger partial charge in [0.1, 0.15) is 17.5 Å². The largest absolute Gasteiger partial charge is 0.497 e. The van der Waals surface area contributed by atoms with E-state index in [4.69, 9.17) is 9.84 Å². The van der Waals surface area contributed by atoms with Gasteiger partial charge in [0.05, 0.1) is 20.3 Å². The number of aliphatic hydroxyl groups excluding tert-OH is 1. The lowest BCUT2D eigenvalue weighted by atomic mass is 9.84. The van der Waals surface area contributed by atoms with Crippen LogP contribution in [0.15, 0.2) is 53.5 Å². The van der Waals surface area contributed by atoms with Crippen molar-refractivity contribution in [3.63, 3.8) is 0 Å². The minimum absolute atomic E-state index is 0.0668. The molecule has 0 fully saturated rings. The summed E-state index contributed by atoms with van der Waals surface area (Å²) in [6.45, 7) is -0.126. The van der Waals surface area contributed by atoms with E-state index >= 15 is 0 Å². The molecule has 0 bridgehead atoms. The summed E-state index contributed by atoms with van der Waals surface area (Å²) in [6, 6.07) is 12.9. The van der Waals surface area contributed by atoms with E-state index in [1.54, 1.807) is 55.6 Å². The lowest BCUT2D eigenvalue weighted by Crippen LogP contribution is -2.46.